The molecule has 2 N–H and O–H groups in total. The number of carbonyl (C=O) groups is 1. The molecule has 0 aromatic heterocycles. The molecule has 1 saturated heterocycles. The minimum Gasteiger partial charge on any atom is -0.396 e. The molecule has 0 aliphatic carbocycles. The van der Waals surface area contributed by atoms with Crippen LogP contribution in [0.5, 0.6) is 0 Å². The Morgan fingerprint density at radius 2 is 2.26 bits per heavy atom. The second kappa shape index (κ2) is 9.96. The van der Waals surface area contributed by atoms with E-state index in [2.05, 4.69) is 29.3 Å². The van der Waals surface area contributed by atoms with Crippen molar-refractivity contribution in [3.8, 4) is 0 Å². The Hall–Kier alpha value is -1.04. The van der Waals surface area contributed by atoms with Gasteiger partial charge in [0.1, 0.15) is 0 Å². The third-order valence-corrected chi connectivity index (χ3v) is 5.34. The largest absolute Gasteiger partial charge is 0.396 e. The minimum absolute atomic E-state index is 0.110. The summed E-state index contributed by atoms with van der Waals surface area (Å²) in [6.07, 6.45) is 2.26. The Balaban J connectivity index is 1.57. The van der Waals surface area contributed by atoms with Gasteiger partial charge in [0.2, 0.25) is 5.91 Å². The fraction of sp³-hybridized carbons (Fsp3) is 0.611. The normalized spacial score (nSPS) is 18.8. The molecule has 5 heteroatoms. The average molecular weight is 337 g/mol. The lowest BCUT2D eigenvalue weighted by molar-refractivity contribution is -0.118. The number of aliphatic hydroxyl groups is 1. The summed E-state index contributed by atoms with van der Waals surface area (Å²) in [5.74, 6) is 1.90. The average Bonchev–Trinajstić information content (AvgIpc) is 2.57. The zero-order valence-corrected chi connectivity index (χ0v) is 14.8. The van der Waals surface area contributed by atoms with Crippen LogP contribution in [0.1, 0.15) is 24.0 Å². The summed E-state index contributed by atoms with van der Waals surface area (Å²) in [5, 5.41) is 12.2. The Morgan fingerprint density at radius 1 is 1.43 bits per heavy atom. The van der Waals surface area contributed by atoms with Crippen molar-refractivity contribution < 1.29 is 9.90 Å². The van der Waals surface area contributed by atoms with Gasteiger partial charge in [-0.25, -0.2) is 0 Å². The zero-order chi connectivity index (χ0) is 16.5. The minimum atomic E-state index is 0.110. The Morgan fingerprint density at radius 3 is 3.04 bits per heavy atom. The molecule has 1 atom stereocenters. The van der Waals surface area contributed by atoms with E-state index in [1.54, 1.807) is 11.8 Å². The highest BCUT2D eigenvalue weighted by Gasteiger charge is 2.18. The molecule has 1 fully saturated rings. The van der Waals surface area contributed by atoms with E-state index in [9.17, 15) is 9.90 Å². The number of thioether (sulfide) groups is 1. The maximum Gasteiger partial charge on any atom is 0.230 e. The highest BCUT2D eigenvalue weighted by molar-refractivity contribution is 7.99. The number of likely N-dealkylation sites (tertiary alicyclic amines) is 1. The van der Waals surface area contributed by atoms with Gasteiger partial charge in [-0.3, -0.25) is 4.79 Å². The van der Waals surface area contributed by atoms with Crippen LogP contribution in [0.15, 0.2) is 24.3 Å². The fourth-order valence-electron chi connectivity index (χ4n) is 2.93. The van der Waals surface area contributed by atoms with Crippen LogP contribution < -0.4 is 5.32 Å². The van der Waals surface area contributed by atoms with E-state index in [-0.39, 0.29) is 12.5 Å². The molecule has 0 unspecified atom stereocenters. The van der Waals surface area contributed by atoms with E-state index >= 15 is 0 Å². The Bertz CT molecular complexity index is 496. The molecule has 1 aliphatic heterocycles. The van der Waals surface area contributed by atoms with Gasteiger partial charge in [0.05, 0.1) is 5.75 Å². The first kappa shape index (κ1) is 18.3. The molecule has 128 valence electrons. The molecular formula is C18H28N2O2S. The van der Waals surface area contributed by atoms with E-state index in [1.165, 1.54) is 11.1 Å². The quantitative estimate of drug-likeness (QED) is 0.763. The molecule has 0 bridgehead atoms. The molecule has 1 aliphatic rings. The summed E-state index contributed by atoms with van der Waals surface area (Å²) in [6, 6.07) is 8.31. The lowest BCUT2D eigenvalue weighted by Crippen LogP contribution is -2.41. The molecule has 1 aromatic rings. The standard InChI is InChI=1S/C18H28N2O2S/c1-15-5-2-3-7-17(15)13-23-14-18(22)19-8-10-20-9-4-6-16(11-20)12-21/h2-3,5,7,16,21H,4,6,8-14H2,1H3,(H,19,22)/t16-/m0/s1. The van der Waals surface area contributed by atoms with Gasteiger partial charge in [-0.05, 0) is 43.4 Å². The van der Waals surface area contributed by atoms with Gasteiger partial charge < -0.3 is 15.3 Å². The van der Waals surface area contributed by atoms with Crippen LogP contribution in [-0.4, -0.2) is 54.5 Å². The molecule has 1 aromatic carbocycles. The van der Waals surface area contributed by atoms with Gasteiger partial charge in [0.25, 0.3) is 0 Å². The number of nitrogens with one attached hydrogen (secondary N) is 1. The van der Waals surface area contributed by atoms with Crippen LogP contribution in [0.2, 0.25) is 0 Å². The van der Waals surface area contributed by atoms with Crippen LogP contribution in [0, 0.1) is 12.8 Å². The number of piperidine rings is 1. The summed E-state index contributed by atoms with van der Waals surface area (Å²) >= 11 is 1.66. The molecule has 1 amide bonds. The van der Waals surface area contributed by atoms with Crippen molar-refractivity contribution in [3.63, 3.8) is 0 Å². The van der Waals surface area contributed by atoms with E-state index < -0.39 is 0 Å². The highest BCUT2D eigenvalue weighted by Crippen LogP contribution is 2.16. The predicted octanol–water partition coefficient (Wildman–Crippen LogP) is 2.05. The zero-order valence-electron chi connectivity index (χ0n) is 14.0. The smallest absolute Gasteiger partial charge is 0.230 e. The number of carbonyl (C=O) groups excluding carboxylic acids is 1. The van der Waals surface area contributed by atoms with Crippen molar-refractivity contribution in [2.45, 2.75) is 25.5 Å². The predicted molar refractivity (Wildman–Crippen MR) is 96.6 cm³/mol. The van der Waals surface area contributed by atoms with E-state index in [0.29, 0.717) is 18.2 Å². The molecule has 1 heterocycles. The maximum atomic E-state index is 11.9. The van der Waals surface area contributed by atoms with Gasteiger partial charge in [-0.2, -0.15) is 0 Å². The molecule has 4 nitrogen and oxygen atoms in total. The topological polar surface area (TPSA) is 52.6 Å². The van der Waals surface area contributed by atoms with E-state index in [1.807, 2.05) is 12.1 Å². The van der Waals surface area contributed by atoms with E-state index in [4.69, 9.17) is 0 Å². The maximum absolute atomic E-state index is 11.9. The number of aliphatic hydroxyl groups excluding tert-OH is 1. The van der Waals surface area contributed by atoms with Crippen molar-refractivity contribution >= 4 is 17.7 Å². The lowest BCUT2D eigenvalue weighted by Gasteiger charge is -2.31. The van der Waals surface area contributed by atoms with Gasteiger partial charge in [0.15, 0.2) is 0 Å². The van der Waals surface area contributed by atoms with Crippen LogP contribution in [0.25, 0.3) is 0 Å². The highest BCUT2D eigenvalue weighted by atomic mass is 32.2. The number of hydrogen-bond donors (Lipinski definition) is 2. The van der Waals surface area contributed by atoms with Crippen LogP contribution in [0.4, 0.5) is 0 Å². The summed E-state index contributed by atoms with van der Waals surface area (Å²) in [6.45, 7) is 5.99. The van der Waals surface area contributed by atoms with Crippen molar-refractivity contribution in [2.24, 2.45) is 5.92 Å². The number of rotatable bonds is 8. The van der Waals surface area contributed by atoms with Crippen molar-refractivity contribution in [3.05, 3.63) is 35.4 Å². The van der Waals surface area contributed by atoms with Gasteiger partial charge in [0, 0.05) is 32.0 Å². The molecule has 0 radical (unpaired) electrons. The fourth-order valence-corrected chi connectivity index (χ4v) is 3.87. The Labute approximate surface area is 143 Å². The molecule has 2 rings (SSSR count). The molecular weight excluding hydrogens is 308 g/mol. The summed E-state index contributed by atoms with van der Waals surface area (Å²) in [5.41, 5.74) is 2.58. The summed E-state index contributed by atoms with van der Waals surface area (Å²) in [4.78, 5) is 14.2. The monoisotopic (exact) mass is 336 g/mol. The number of aryl methyl sites for hydroxylation is 1. The first-order valence-electron chi connectivity index (χ1n) is 8.41. The molecule has 23 heavy (non-hydrogen) atoms. The third kappa shape index (κ3) is 6.53. The summed E-state index contributed by atoms with van der Waals surface area (Å²) in [7, 11) is 0. The number of hydrogen-bond acceptors (Lipinski definition) is 4. The molecule has 0 saturated carbocycles. The van der Waals surface area contributed by atoms with Crippen molar-refractivity contribution in [1.82, 2.24) is 10.2 Å². The van der Waals surface area contributed by atoms with Crippen LogP contribution in [0.3, 0.4) is 0 Å². The van der Waals surface area contributed by atoms with Crippen molar-refractivity contribution in [2.75, 3.05) is 38.5 Å². The van der Waals surface area contributed by atoms with Gasteiger partial charge >= 0.3 is 0 Å². The second-order valence-electron chi connectivity index (χ2n) is 6.26. The van der Waals surface area contributed by atoms with E-state index in [0.717, 1.165) is 38.2 Å². The van der Waals surface area contributed by atoms with Gasteiger partial charge in [-0.15, -0.1) is 11.8 Å². The van der Waals surface area contributed by atoms with Crippen molar-refractivity contribution in [1.29, 1.82) is 0 Å². The number of amides is 1. The van der Waals surface area contributed by atoms with Crippen LogP contribution in [-0.2, 0) is 10.5 Å². The van der Waals surface area contributed by atoms with Gasteiger partial charge in [-0.1, -0.05) is 24.3 Å². The third-order valence-electron chi connectivity index (χ3n) is 4.36. The summed E-state index contributed by atoms with van der Waals surface area (Å²) < 4.78 is 0. The number of nitrogens with zero attached hydrogens (tertiary/aromatic N) is 1. The SMILES string of the molecule is Cc1ccccc1CSCC(=O)NCCN1CCC[C@H](CO)C1. The Kier molecular flexibility index (Phi) is 7.92. The first-order chi connectivity index (χ1) is 11.2. The molecule has 0 spiro atoms. The lowest BCUT2D eigenvalue weighted by atomic mass is 9.99. The number of benzene rings is 1. The first-order valence-corrected chi connectivity index (χ1v) is 9.56. The van der Waals surface area contributed by atoms with Crippen LogP contribution >= 0.6 is 11.8 Å². The second-order valence-corrected chi connectivity index (χ2v) is 7.25.